The number of aryl methyl sites for hydroxylation is 2. The fourth-order valence-electron chi connectivity index (χ4n) is 4.52. The third-order valence-corrected chi connectivity index (χ3v) is 6.34. The van der Waals surface area contributed by atoms with Gasteiger partial charge in [-0.3, -0.25) is 14.3 Å². The lowest BCUT2D eigenvalue weighted by molar-refractivity contribution is 0.0354. The van der Waals surface area contributed by atoms with E-state index in [1.54, 1.807) is 4.57 Å². The first-order valence-electron chi connectivity index (χ1n) is 11.3. The summed E-state index contributed by atoms with van der Waals surface area (Å²) in [6, 6.07) is 6.57. The number of H-pyrrole nitrogens is 1. The highest BCUT2D eigenvalue weighted by Gasteiger charge is 2.34. The number of imidazole rings is 1. The topological polar surface area (TPSA) is 93.9 Å². The van der Waals surface area contributed by atoms with Crippen molar-refractivity contribution in [3.8, 4) is 0 Å². The van der Waals surface area contributed by atoms with E-state index in [4.69, 9.17) is 9.72 Å². The van der Waals surface area contributed by atoms with Crippen molar-refractivity contribution in [2.24, 2.45) is 0 Å². The van der Waals surface area contributed by atoms with Crippen LogP contribution < -0.4 is 16.6 Å². The summed E-state index contributed by atoms with van der Waals surface area (Å²) in [4.78, 5) is 32.2. The maximum absolute atomic E-state index is 13.5. The molecule has 0 bridgehead atoms. The van der Waals surface area contributed by atoms with Gasteiger partial charge in [0.1, 0.15) is 11.6 Å². The molecular weight excluding hydrogens is 413 g/mol. The van der Waals surface area contributed by atoms with E-state index in [2.05, 4.69) is 17.2 Å². The number of halogens is 1. The van der Waals surface area contributed by atoms with Crippen molar-refractivity contribution < 1.29 is 9.13 Å². The van der Waals surface area contributed by atoms with Crippen LogP contribution in [-0.4, -0.2) is 32.3 Å². The van der Waals surface area contributed by atoms with E-state index in [0.29, 0.717) is 49.8 Å². The lowest BCUT2D eigenvalue weighted by Gasteiger charge is -2.38. The minimum atomic E-state index is -0.427. The van der Waals surface area contributed by atoms with Crippen LogP contribution in [0.3, 0.4) is 0 Å². The van der Waals surface area contributed by atoms with E-state index >= 15 is 0 Å². The van der Waals surface area contributed by atoms with Crippen LogP contribution in [0.4, 0.5) is 4.39 Å². The van der Waals surface area contributed by atoms with Gasteiger partial charge in [-0.2, -0.15) is 0 Å². The van der Waals surface area contributed by atoms with Crippen LogP contribution in [-0.2, 0) is 29.9 Å². The predicted molar refractivity (Wildman–Crippen MR) is 120 cm³/mol. The van der Waals surface area contributed by atoms with E-state index in [-0.39, 0.29) is 11.4 Å². The molecule has 0 saturated carbocycles. The summed E-state index contributed by atoms with van der Waals surface area (Å²) in [5, 5.41) is 3.63. The highest BCUT2D eigenvalue weighted by atomic mass is 19.1. The van der Waals surface area contributed by atoms with Crippen LogP contribution in [0.25, 0.3) is 11.2 Å². The Morgan fingerprint density at radius 1 is 1.16 bits per heavy atom. The molecule has 1 aliphatic rings. The molecule has 1 aliphatic heterocycles. The maximum Gasteiger partial charge on any atom is 0.330 e. The summed E-state index contributed by atoms with van der Waals surface area (Å²) >= 11 is 0. The van der Waals surface area contributed by atoms with E-state index < -0.39 is 11.2 Å². The van der Waals surface area contributed by atoms with Crippen molar-refractivity contribution >= 4 is 11.2 Å². The molecule has 1 fully saturated rings. The molecule has 3 aromatic rings. The molecule has 3 heterocycles. The van der Waals surface area contributed by atoms with Crippen LogP contribution in [0, 0.1) is 5.82 Å². The van der Waals surface area contributed by atoms with Crippen LogP contribution in [0.5, 0.6) is 0 Å². The normalized spacial score (nSPS) is 16.0. The largest absolute Gasteiger partial charge is 0.381 e. The van der Waals surface area contributed by atoms with Crippen LogP contribution in [0.1, 0.15) is 50.9 Å². The predicted octanol–water partition coefficient (Wildman–Crippen LogP) is 2.64. The highest BCUT2D eigenvalue weighted by Crippen LogP contribution is 2.32. The summed E-state index contributed by atoms with van der Waals surface area (Å²) < 4.78 is 22.5. The zero-order valence-corrected chi connectivity index (χ0v) is 18.6. The summed E-state index contributed by atoms with van der Waals surface area (Å²) in [6.07, 6.45) is 3.24. The Kier molecular flexibility index (Phi) is 6.57. The van der Waals surface area contributed by atoms with Crippen molar-refractivity contribution in [3.05, 3.63) is 62.3 Å². The Balaban J connectivity index is 1.73. The Morgan fingerprint density at radius 2 is 1.88 bits per heavy atom. The molecule has 0 radical (unpaired) electrons. The zero-order chi connectivity index (χ0) is 22.7. The SMILES string of the molecule is CCCCn1c(=O)[nH]c(=O)c2c1nc(CNC1(c3ccc(F)cc3)CCOCC1)n2CC. The molecule has 2 N–H and O–H groups in total. The molecule has 172 valence electrons. The molecule has 0 spiro atoms. The summed E-state index contributed by atoms with van der Waals surface area (Å²) in [5.74, 6) is 0.421. The van der Waals surface area contributed by atoms with Gasteiger partial charge in [0.2, 0.25) is 0 Å². The third-order valence-electron chi connectivity index (χ3n) is 6.34. The second-order valence-corrected chi connectivity index (χ2v) is 8.26. The van der Waals surface area contributed by atoms with Gasteiger partial charge in [0.15, 0.2) is 11.2 Å². The second kappa shape index (κ2) is 9.38. The number of aromatic amines is 1. The molecular formula is C23H30FN5O3. The van der Waals surface area contributed by atoms with Gasteiger partial charge < -0.3 is 14.6 Å². The van der Waals surface area contributed by atoms with Gasteiger partial charge >= 0.3 is 5.69 Å². The molecule has 32 heavy (non-hydrogen) atoms. The van der Waals surface area contributed by atoms with Gasteiger partial charge in [-0.05, 0) is 43.9 Å². The number of nitrogens with one attached hydrogen (secondary N) is 2. The Morgan fingerprint density at radius 3 is 2.53 bits per heavy atom. The number of rotatable bonds is 8. The minimum absolute atomic E-state index is 0.270. The fraction of sp³-hybridized carbons (Fsp3) is 0.522. The molecule has 8 nitrogen and oxygen atoms in total. The van der Waals surface area contributed by atoms with E-state index in [1.165, 1.54) is 12.1 Å². The Labute approximate surface area is 185 Å². The molecule has 0 atom stereocenters. The van der Waals surface area contributed by atoms with Crippen LogP contribution >= 0.6 is 0 Å². The third kappa shape index (κ3) is 4.14. The maximum atomic E-state index is 13.5. The number of hydrogen-bond donors (Lipinski definition) is 2. The molecule has 2 aromatic heterocycles. The van der Waals surface area contributed by atoms with E-state index in [9.17, 15) is 14.0 Å². The first-order valence-corrected chi connectivity index (χ1v) is 11.3. The van der Waals surface area contributed by atoms with Crippen molar-refractivity contribution in [2.45, 2.75) is 64.7 Å². The number of benzene rings is 1. The number of hydrogen-bond acceptors (Lipinski definition) is 5. The molecule has 0 aliphatic carbocycles. The molecule has 0 amide bonds. The number of unbranched alkanes of at least 4 members (excludes halogenated alkanes) is 1. The fourth-order valence-corrected chi connectivity index (χ4v) is 4.52. The first-order chi connectivity index (χ1) is 15.5. The molecule has 0 unspecified atom stereocenters. The minimum Gasteiger partial charge on any atom is -0.381 e. The van der Waals surface area contributed by atoms with Crippen molar-refractivity contribution in [2.75, 3.05) is 13.2 Å². The van der Waals surface area contributed by atoms with Crippen molar-refractivity contribution in [1.82, 2.24) is 24.4 Å². The summed E-state index contributed by atoms with van der Waals surface area (Å²) in [7, 11) is 0. The quantitative estimate of drug-likeness (QED) is 0.558. The standard InChI is InChI=1S/C23H30FN5O3/c1-3-5-12-29-20-19(21(30)27-22(29)31)28(4-2)18(26-20)15-25-23(10-13-32-14-11-23)16-6-8-17(24)9-7-16/h6-9,25H,3-5,10-15H2,1-2H3,(H,27,30,31). The highest BCUT2D eigenvalue weighted by molar-refractivity contribution is 5.71. The smallest absolute Gasteiger partial charge is 0.330 e. The molecule has 1 aromatic carbocycles. The van der Waals surface area contributed by atoms with Gasteiger partial charge in [-0.25, -0.2) is 14.2 Å². The van der Waals surface area contributed by atoms with Gasteiger partial charge in [-0.1, -0.05) is 25.5 Å². The lowest BCUT2D eigenvalue weighted by atomic mass is 9.82. The second-order valence-electron chi connectivity index (χ2n) is 8.26. The number of fused-ring (bicyclic) bond motifs is 1. The van der Waals surface area contributed by atoms with Gasteiger partial charge in [0.05, 0.1) is 6.54 Å². The average Bonchev–Trinajstić information content (AvgIpc) is 3.17. The van der Waals surface area contributed by atoms with Crippen LogP contribution in [0.15, 0.2) is 33.9 Å². The zero-order valence-electron chi connectivity index (χ0n) is 18.6. The van der Waals surface area contributed by atoms with Gasteiger partial charge in [0, 0.05) is 31.8 Å². The number of nitrogens with zero attached hydrogens (tertiary/aromatic N) is 3. The molecule has 4 rings (SSSR count). The molecule has 1 saturated heterocycles. The van der Waals surface area contributed by atoms with Gasteiger partial charge in [-0.15, -0.1) is 0 Å². The van der Waals surface area contributed by atoms with Crippen molar-refractivity contribution in [1.29, 1.82) is 0 Å². The number of aromatic nitrogens is 4. The van der Waals surface area contributed by atoms with Gasteiger partial charge in [0.25, 0.3) is 5.56 Å². The van der Waals surface area contributed by atoms with E-state index in [0.717, 1.165) is 31.2 Å². The molecule has 9 heteroatoms. The average molecular weight is 444 g/mol. The monoisotopic (exact) mass is 443 g/mol. The summed E-state index contributed by atoms with van der Waals surface area (Å²) in [5.41, 5.74) is 0.619. The van der Waals surface area contributed by atoms with E-state index in [1.807, 2.05) is 23.6 Å². The first kappa shape index (κ1) is 22.4. The van der Waals surface area contributed by atoms with Crippen molar-refractivity contribution in [3.63, 3.8) is 0 Å². The lowest BCUT2D eigenvalue weighted by Crippen LogP contribution is -2.46. The Bertz CT molecular complexity index is 1190. The number of ether oxygens (including phenoxy) is 1. The van der Waals surface area contributed by atoms with Crippen LogP contribution in [0.2, 0.25) is 0 Å². The summed E-state index contributed by atoms with van der Waals surface area (Å²) in [6.45, 7) is 6.67. The Hall–Kier alpha value is -2.78.